The van der Waals surface area contributed by atoms with Crippen molar-refractivity contribution >= 4 is 29.1 Å². The molecular weight excluding hydrogens is 394 g/mol. The molecule has 29 heavy (non-hydrogen) atoms. The zero-order valence-corrected chi connectivity index (χ0v) is 16.6. The number of carbonyl (C=O) groups excluding carboxylic acids is 1. The van der Waals surface area contributed by atoms with Crippen molar-refractivity contribution in [3.8, 4) is 11.6 Å². The van der Waals surface area contributed by atoms with Gasteiger partial charge in [0.1, 0.15) is 30.0 Å². The first-order valence-corrected chi connectivity index (χ1v) is 9.46. The molecule has 1 aliphatic heterocycles. The lowest BCUT2D eigenvalue weighted by Crippen LogP contribution is -2.50. The number of ether oxygens (including phenoxy) is 1. The molecular formula is C19H20ClN7O2. The maximum absolute atomic E-state index is 12.6. The molecule has 1 aliphatic rings. The molecule has 10 heteroatoms. The summed E-state index contributed by atoms with van der Waals surface area (Å²) in [4.78, 5) is 29.2. The smallest absolute Gasteiger partial charge is 0.321 e. The number of methoxy groups -OCH3 is 1. The van der Waals surface area contributed by atoms with Crippen LogP contribution in [0.1, 0.15) is 0 Å². The Kier molecular flexibility index (Phi) is 5.48. The summed E-state index contributed by atoms with van der Waals surface area (Å²) in [6, 6.07) is 6.91. The van der Waals surface area contributed by atoms with E-state index in [9.17, 15) is 4.79 Å². The lowest BCUT2D eigenvalue weighted by Gasteiger charge is -2.35. The number of benzene rings is 1. The van der Waals surface area contributed by atoms with Gasteiger partial charge in [-0.15, -0.1) is 0 Å². The van der Waals surface area contributed by atoms with E-state index in [0.717, 1.165) is 11.6 Å². The topological polar surface area (TPSA) is 88.4 Å². The summed E-state index contributed by atoms with van der Waals surface area (Å²) in [6.07, 6.45) is 6.77. The number of hydrogen-bond donors (Lipinski definition) is 1. The minimum Gasteiger partial charge on any atom is -0.495 e. The first-order chi connectivity index (χ1) is 14.1. The van der Waals surface area contributed by atoms with Gasteiger partial charge in [-0.25, -0.2) is 19.7 Å². The fraction of sp³-hybridized carbons (Fsp3) is 0.263. The summed E-state index contributed by atoms with van der Waals surface area (Å²) in [6.45, 7) is 2.52. The normalized spacial score (nSPS) is 14.0. The summed E-state index contributed by atoms with van der Waals surface area (Å²) in [5.74, 6) is 2.15. The lowest BCUT2D eigenvalue weighted by atomic mass is 10.3. The van der Waals surface area contributed by atoms with Gasteiger partial charge >= 0.3 is 6.03 Å². The highest BCUT2D eigenvalue weighted by Crippen LogP contribution is 2.27. The van der Waals surface area contributed by atoms with Crippen LogP contribution < -0.4 is 15.0 Å². The Morgan fingerprint density at radius 1 is 1.14 bits per heavy atom. The van der Waals surface area contributed by atoms with E-state index in [1.54, 1.807) is 42.7 Å². The van der Waals surface area contributed by atoms with Crippen LogP contribution >= 0.6 is 11.6 Å². The minimum atomic E-state index is -0.160. The van der Waals surface area contributed by atoms with Gasteiger partial charge in [0.15, 0.2) is 0 Å². The van der Waals surface area contributed by atoms with Crippen LogP contribution in [0, 0.1) is 0 Å². The molecule has 2 aromatic heterocycles. The van der Waals surface area contributed by atoms with Crippen LogP contribution in [0.15, 0.2) is 49.3 Å². The molecule has 1 N–H and O–H groups in total. The summed E-state index contributed by atoms with van der Waals surface area (Å²) in [5, 5.41) is 3.33. The van der Waals surface area contributed by atoms with Gasteiger partial charge in [0.25, 0.3) is 0 Å². The van der Waals surface area contributed by atoms with Crippen molar-refractivity contribution in [2.45, 2.75) is 0 Å². The quantitative estimate of drug-likeness (QED) is 0.707. The Hall–Kier alpha value is -3.33. The number of nitrogens with one attached hydrogen (secondary N) is 1. The highest BCUT2D eigenvalue weighted by atomic mass is 35.5. The molecule has 0 saturated carbocycles. The van der Waals surface area contributed by atoms with Crippen molar-refractivity contribution in [1.29, 1.82) is 0 Å². The molecule has 1 fully saturated rings. The second-order valence-electron chi connectivity index (χ2n) is 6.46. The van der Waals surface area contributed by atoms with Crippen molar-refractivity contribution in [3.05, 3.63) is 54.3 Å². The molecule has 1 saturated heterocycles. The molecule has 1 aromatic carbocycles. The Labute approximate surface area is 172 Å². The molecule has 0 radical (unpaired) electrons. The second kappa shape index (κ2) is 8.36. The van der Waals surface area contributed by atoms with E-state index in [2.05, 4.69) is 25.2 Å². The van der Waals surface area contributed by atoms with Gasteiger partial charge < -0.3 is 19.9 Å². The average molecular weight is 414 g/mol. The van der Waals surface area contributed by atoms with Crippen LogP contribution in [-0.4, -0.2) is 63.7 Å². The fourth-order valence-corrected chi connectivity index (χ4v) is 3.39. The average Bonchev–Trinajstić information content (AvgIpc) is 3.29. The van der Waals surface area contributed by atoms with Crippen LogP contribution in [-0.2, 0) is 0 Å². The van der Waals surface area contributed by atoms with Crippen molar-refractivity contribution in [3.63, 3.8) is 0 Å². The number of aromatic nitrogens is 4. The highest BCUT2D eigenvalue weighted by Gasteiger charge is 2.22. The standard InChI is InChI=1S/C19H20ClN7O2/c1-29-16-3-2-14(10-15(16)20)24-19(28)26-8-6-25(7-9-26)17-11-18(23-12-22-17)27-5-4-21-13-27/h2-5,10-13H,6-9H2,1H3,(H,24,28). The first-order valence-electron chi connectivity index (χ1n) is 9.09. The number of anilines is 2. The number of rotatable bonds is 4. The van der Waals surface area contributed by atoms with E-state index in [-0.39, 0.29) is 6.03 Å². The van der Waals surface area contributed by atoms with E-state index in [4.69, 9.17) is 16.3 Å². The van der Waals surface area contributed by atoms with E-state index in [1.807, 2.05) is 16.8 Å². The number of carbonyl (C=O) groups is 1. The van der Waals surface area contributed by atoms with Crippen LogP contribution in [0.25, 0.3) is 5.82 Å². The number of imidazole rings is 1. The van der Waals surface area contributed by atoms with Gasteiger partial charge in [0.05, 0.1) is 12.1 Å². The van der Waals surface area contributed by atoms with Crippen LogP contribution in [0.4, 0.5) is 16.3 Å². The third kappa shape index (κ3) is 4.24. The van der Waals surface area contributed by atoms with Crippen LogP contribution in [0.5, 0.6) is 5.75 Å². The first kappa shape index (κ1) is 19.0. The van der Waals surface area contributed by atoms with Gasteiger partial charge in [0.2, 0.25) is 0 Å². The Bertz CT molecular complexity index is 988. The number of hydrogen-bond acceptors (Lipinski definition) is 6. The molecule has 2 amide bonds. The maximum atomic E-state index is 12.6. The molecule has 3 heterocycles. The van der Waals surface area contributed by atoms with Gasteiger partial charge in [-0.1, -0.05) is 11.6 Å². The molecule has 0 aliphatic carbocycles. The Morgan fingerprint density at radius 3 is 2.62 bits per heavy atom. The largest absolute Gasteiger partial charge is 0.495 e. The number of urea groups is 1. The molecule has 3 aromatic rings. The number of nitrogens with zero attached hydrogens (tertiary/aromatic N) is 6. The molecule has 0 bridgehead atoms. The maximum Gasteiger partial charge on any atom is 0.321 e. The minimum absolute atomic E-state index is 0.160. The number of piperazine rings is 1. The summed E-state index contributed by atoms with van der Waals surface area (Å²) >= 11 is 6.12. The van der Waals surface area contributed by atoms with Crippen molar-refractivity contribution in [2.24, 2.45) is 0 Å². The molecule has 0 unspecified atom stereocenters. The van der Waals surface area contributed by atoms with E-state index >= 15 is 0 Å². The van der Waals surface area contributed by atoms with Gasteiger partial charge in [-0.2, -0.15) is 0 Å². The zero-order valence-electron chi connectivity index (χ0n) is 15.8. The second-order valence-corrected chi connectivity index (χ2v) is 6.87. The van der Waals surface area contributed by atoms with Gasteiger partial charge in [-0.3, -0.25) is 4.57 Å². The van der Waals surface area contributed by atoms with Crippen molar-refractivity contribution in [1.82, 2.24) is 24.4 Å². The third-order valence-corrected chi connectivity index (χ3v) is 5.00. The lowest BCUT2D eigenvalue weighted by molar-refractivity contribution is 0.208. The molecule has 4 rings (SSSR count). The van der Waals surface area contributed by atoms with Gasteiger partial charge in [-0.05, 0) is 18.2 Å². The highest BCUT2D eigenvalue weighted by molar-refractivity contribution is 6.32. The van der Waals surface area contributed by atoms with E-state index in [1.165, 1.54) is 6.33 Å². The predicted octanol–water partition coefficient (Wildman–Crippen LogP) is 2.68. The van der Waals surface area contributed by atoms with Crippen molar-refractivity contribution < 1.29 is 9.53 Å². The molecule has 0 atom stereocenters. The van der Waals surface area contributed by atoms with Crippen molar-refractivity contribution in [2.75, 3.05) is 43.5 Å². The van der Waals surface area contributed by atoms with Crippen LogP contribution in [0.3, 0.4) is 0 Å². The molecule has 150 valence electrons. The zero-order chi connectivity index (χ0) is 20.2. The molecule has 0 spiro atoms. The summed E-state index contributed by atoms with van der Waals surface area (Å²) < 4.78 is 6.96. The predicted molar refractivity (Wildman–Crippen MR) is 110 cm³/mol. The van der Waals surface area contributed by atoms with E-state index < -0.39 is 0 Å². The fourth-order valence-electron chi connectivity index (χ4n) is 3.13. The Balaban J connectivity index is 1.36. The third-order valence-electron chi connectivity index (χ3n) is 4.70. The summed E-state index contributed by atoms with van der Waals surface area (Å²) in [7, 11) is 1.55. The Morgan fingerprint density at radius 2 is 1.93 bits per heavy atom. The monoisotopic (exact) mass is 413 g/mol. The number of halogens is 1. The number of amides is 2. The van der Waals surface area contributed by atoms with E-state index in [0.29, 0.717) is 42.6 Å². The van der Waals surface area contributed by atoms with Gasteiger partial charge in [0, 0.05) is 50.3 Å². The molecule has 9 nitrogen and oxygen atoms in total. The summed E-state index contributed by atoms with van der Waals surface area (Å²) in [5.41, 5.74) is 0.629. The van der Waals surface area contributed by atoms with Crippen LogP contribution in [0.2, 0.25) is 5.02 Å². The SMILES string of the molecule is COc1ccc(NC(=O)N2CCN(c3cc(-n4ccnc4)ncn3)CC2)cc1Cl.